The summed E-state index contributed by atoms with van der Waals surface area (Å²) >= 11 is 1.31. The maximum absolute atomic E-state index is 13.7. The van der Waals surface area contributed by atoms with Crippen LogP contribution in [0.25, 0.3) is 10.3 Å². The molecule has 0 spiro atoms. The van der Waals surface area contributed by atoms with Crippen LogP contribution in [-0.2, 0) is 17.9 Å². The van der Waals surface area contributed by atoms with Crippen LogP contribution in [0.5, 0.6) is 11.5 Å². The molecule has 4 rings (SSSR count). The van der Waals surface area contributed by atoms with Crippen LogP contribution in [0, 0.1) is 0 Å². The number of methoxy groups -OCH3 is 2. The van der Waals surface area contributed by atoms with Gasteiger partial charge in [0.15, 0.2) is 15.5 Å². The number of nitrogens with zero attached hydrogens (tertiary/aromatic N) is 4. The fourth-order valence-electron chi connectivity index (χ4n) is 4.08. The van der Waals surface area contributed by atoms with Crippen LogP contribution in [0.2, 0.25) is 0 Å². The fraction of sp³-hybridized carbons (Fsp3) is 0.357. The Morgan fingerprint density at radius 2 is 1.82 bits per heavy atom. The van der Waals surface area contributed by atoms with E-state index in [0.29, 0.717) is 33.8 Å². The van der Waals surface area contributed by atoms with Gasteiger partial charge in [-0.25, -0.2) is 9.97 Å². The van der Waals surface area contributed by atoms with Crippen molar-refractivity contribution in [3.8, 4) is 11.5 Å². The number of aromatic nitrogens is 3. The molecule has 0 aliphatic carbocycles. The quantitative estimate of drug-likeness (QED) is 0.325. The van der Waals surface area contributed by atoms with Crippen LogP contribution in [0.1, 0.15) is 43.6 Å². The van der Waals surface area contributed by atoms with Crippen molar-refractivity contribution in [2.45, 2.75) is 45.8 Å². The van der Waals surface area contributed by atoms with Gasteiger partial charge in [-0.1, -0.05) is 55.5 Å². The second kappa shape index (κ2) is 11.6. The van der Waals surface area contributed by atoms with Gasteiger partial charge >= 0.3 is 0 Å². The zero-order valence-corrected chi connectivity index (χ0v) is 23.3. The van der Waals surface area contributed by atoms with Crippen LogP contribution in [0.3, 0.4) is 0 Å². The van der Waals surface area contributed by atoms with E-state index in [2.05, 4.69) is 10.3 Å². The summed E-state index contributed by atoms with van der Waals surface area (Å²) in [5, 5.41) is 3.52. The van der Waals surface area contributed by atoms with Gasteiger partial charge in [0, 0.05) is 31.1 Å². The normalized spacial score (nSPS) is 12.0. The lowest BCUT2D eigenvalue weighted by molar-refractivity contribution is -0.122. The number of amides is 1. The van der Waals surface area contributed by atoms with Crippen LogP contribution in [0.4, 0.5) is 5.13 Å². The van der Waals surface area contributed by atoms with E-state index in [9.17, 15) is 9.59 Å². The van der Waals surface area contributed by atoms with E-state index in [4.69, 9.17) is 14.5 Å². The molecule has 10 heteroatoms. The Bertz CT molecular complexity index is 1480. The molecular formula is C28H33N5O4S. The third kappa shape index (κ3) is 5.65. The van der Waals surface area contributed by atoms with Gasteiger partial charge in [-0.3, -0.25) is 14.2 Å². The summed E-state index contributed by atoms with van der Waals surface area (Å²) in [6.07, 6.45) is 0. The van der Waals surface area contributed by atoms with Gasteiger partial charge in [0.25, 0.3) is 5.56 Å². The number of hydrogen-bond acceptors (Lipinski definition) is 8. The number of benzene rings is 2. The maximum Gasteiger partial charge on any atom is 0.281 e. The van der Waals surface area contributed by atoms with Gasteiger partial charge in [0.05, 0.1) is 20.8 Å². The monoisotopic (exact) mass is 535 g/mol. The lowest BCUT2D eigenvalue weighted by Gasteiger charge is -2.23. The van der Waals surface area contributed by atoms with Gasteiger partial charge in [0.2, 0.25) is 5.91 Å². The third-order valence-corrected chi connectivity index (χ3v) is 7.49. The summed E-state index contributed by atoms with van der Waals surface area (Å²) in [5.41, 5.74) is 1.91. The Morgan fingerprint density at radius 1 is 1.08 bits per heavy atom. The number of carbonyl (C=O) groups is 1. The Kier molecular flexibility index (Phi) is 8.31. The number of likely N-dealkylation sites (N-methyl/N-ethyl adjacent to an activating group) is 1. The van der Waals surface area contributed by atoms with Crippen LogP contribution in [-0.4, -0.2) is 47.8 Å². The first-order valence-corrected chi connectivity index (χ1v) is 13.2. The van der Waals surface area contributed by atoms with E-state index in [1.807, 2.05) is 63.2 Å². The molecule has 0 radical (unpaired) electrons. The molecule has 9 nitrogen and oxygen atoms in total. The van der Waals surface area contributed by atoms with Crippen LogP contribution >= 0.6 is 11.3 Å². The standard InChI is InChI=1S/C28H33N5O4S/c1-17(2)24-31-26-23(27(35)33(24)16-20-12-13-21(36-5)14-22(20)37-6)30-28(38-26)32(4)18(3)25(34)29-15-19-10-8-7-9-11-19/h7-14,17-18H,15-16H2,1-6H3,(H,29,34)/t18-/m1/s1. The average Bonchev–Trinajstić information content (AvgIpc) is 3.37. The second-order valence-electron chi connectivity index (χ2n) is 9.33. The highest BCUT2D eigenvalue weighted by molar-refractivity contribution is 7.21. The molecule has 0 fully saturated rings. The first kappa shape index (κ1) is 27.1. The molecule has 0 bridgehead atoms. The molecule has 4 aromatic rings. The van der Waals surface area contributed by atoms with Crippen LogP contribution < -0.4 is 25.2 Å². The van der Waals surface area contributed by atoms with E-state index < -0.39 is 6.04 Å². The summed E-state index contributed by atoms with van der Waals surface area (Å²) in [6, 6.07) is 14.8. The molecule has 1 amide bonds. The Labute approximate surface area is 226 Å². The summed E-state index contributed by atoms with van der Waals surface area (Å²) in [6.45, 7) is 6.54. The van der Waals surface area contributed by atoms with E-state index in [1.165, 1.54) is 11.3 Å². The minimum absolute atomic E-state index is 0.00214. The number of fused-ring (bicyclic) bond motifs is 1. The molecule has 2 heterocycles. The average molecular weight is 536 g/mol. The molecule has 200 valence electrons. The minimum atomic E-state index is -0.491. The van der Waals surface area contributed by atoms with E-state index in [0.717, 1.165) is 11.1 Å². The molecule has 2 aromatic heterocycles. The van der Waals surface area contributed by atoms with Gasteiger partial charge in [0.1, 0.15) is 23.4 Å². The highest BCUT2D eigenvalue weighted by Gasteiger charge is 2.24. The summed E-state index contributed by atoms with van der Waals surface area (Å²) in [4.78, 5) is 38.3. The lowest BCUT2D eigenvalue weighted by atomic mass is 10.1. The molecule has 38 heavy (non-hydrogen) atoms. The van der Waals surface area contributed by atoms with Crippen molar-refractivity contribution >= 4 is 32.7 Å². The van der Waals surface area contributed by atoms with Gasteiger partial charge in [-0.2, -0.15) is 0 Å². The molecule has 1 atom stereocenters. The predicted molar refractivity (Wildman–Crippen MR) is 151 cm³/mol. The number of hydrogen-bond donors (Lipinski definition) is 1. The highest BCUT2D eigenvalue weighted by Crippen LogP contribution is 2.29. The summed E-state index contributed by atoms with van der Waals surface area (Å²) in [7, 11) is 4.98. The third-order valence-electron chi connectivity index (χ3n) is 6.45. The maximum atomic E-state index is 13.7. The number of rotatable bonds is 10. The molecule has 0 saturated heterocycles. The minimum Gasteiger partial charge on any atom is -0.497 e. The predicted octanol–water partition coefficient (Wildman–Crippen LogP) is 4.18. The topological polar surface area (TPSA) is 98.6 Å². The van der Waals surface area contributed by atoms with Gasteiger partial charge in [-0.15, -0.1) is 0 Å². The number of anilines is 1. The second-order valence-corrected chi connectivity index (χ2v) is 10.3. The van der Waals surface area contributed by atoms with Crippen molar-refractivity contribution in [1.29, 1.82) is 0 Å². The molecule has 1 N–H and O–H groups in total. The van der Waals surface area contributed by atoms with Crippen molar-refractivity contribution in [3.63, 3.8) is 0 Å². The van der Waals surface area contributed by atoms with Gasteiger partial charge < -0.3 is 19.7 Å². The molecule has 2 aromatic carbocycles. The Balaban J connectivity index is 1.63. The largest absolute Gasteiger partial charge is 0.497 e. The van der Waals surface area contributed by atoms with Crippen molar-refractivity contribution in [2.75, 3.05) is 26.2 Å². The summed E-state index contributed by atoms with van der Waals surface area (Å²) in [5.74, 6) is 1.83. The van der Waals surface area contributed by atoms with E-state index in [1.54, 1.807) is 36.8 Å². The zero-order valence-electron chi connectivity index (χ0n) is 22.5. The van der Waals surface area contributed by atoms with Crippen molar-refractivity contribution in [1.82, 2.24) is 19.9 Å². The smallest absolute Gasteiger partial charge is 0.281 e. The number of nitrogens with one attached hydrogen (secondary N) is 1. The molecular weight excluding hydrogens is 502 g/mol. The Hall–Kier alpha value is -3.92. The first-order chi connectivity index (χ1) is 18.2. The molecule has 0 aliphatic heterocycles. The van der Waals surface area contributed by atoms with E-state index in [-0.39, 0.29) is 29.4 Å². The SMILES string of the molecule is COc1ccc(Cn2c(C(C)C)nc3sc(N(C)[C@H](C)C(=O)NCc4ccccc4)nc3c2=O)c(OC)c1. The fourth-order valence-corrected chi connectivity index (χ4v) is 5.06. The Morgan fingerprint density at radius 3 is 2.47 bits per heavy atom. The molecule has 0 aliphatic rings. The highest BCUT2D eigenvalue weighted by atomic mass is 32.1. The van der Waals surface area contributed by atoms with Crippen molar-refractivity contribution in [2.24, 2.45) is 0 Å². The summed E-state index contributed by atoms with van der Waals surface area (Å²) < 4.78 is 12.5. The number of ether oxygens (including phenoxy) is 2. The molecule has 0 unspecified atom stereocenters. The van der Waals surface area contributed by atoms with Crippen molar-refractivity contribution < 1.29 is 14.3 Å². The number of carbonyl (C=O) groups excluding carboxylic acids is 1. The van der Waals surface area contributed by atoms with Crippen molar-refractivity contribution in [3.05, 3.63) is 75.8 Å². The zero-order chi connectivity index (χ0) is 27.4. The number of thiazole rings is 1. The lowest BCUT2D eigenvalue weighted by Crippen LogP contribution is -2.43. The first-order valence-electron chi connectivity index (χ1n) is 12.4. The molecule has 0 saturated carbocycles. The van der Waals surface area contributed by atoms with Crippen LogP contribution in [0.15, 0.2) is 53.3 Å². The van der Waals surface area contributed by atoms with Gasteiger partial charge in [-0.05, 0) is 24.6 Å². The van der Waals surface area contributed by atoms with E-state index >= 15 is 0 Å².